The Hall–Kier alpha value is -1.12. The van der Waals surface area contributed by atoms with E-state index < -0.39 is 23.5 Å². The lowest BCUT2D eigenvalue weighted by molar-refractivity contribution is -0.125. The number of nitrogens with zero attached hydrogens (tertiary/aromatic N) is 1. The first-order valence-electron chi connectivity index (χ1n) is 3.59. The first-order valence-corrected chi connectivity index (χ1v) is 3.59. The Balaban J connectivity index is 2.88. The van der Waals surface area contributed by atoms with Crippen LogP contribution in [-0.2, 0) is 4.79 Å². The van der Waals surface area contributed by atoms with E-state index in [-0.39, 0.29) is 12.8 Å². The van der Waals surface area contributed by atoms with Gasteiger partial charge in [-0.1, -0.05) is 0 Å². The zero-order valence-electron chi connectivity index (χ0n) is 6.40. The lowest BCUT2D eigenvalue weighted by Gasteiger charge is -2.13. The number of aliphatic hydroxyl groups excluding tert-OH is 2. The molecule has 0 saturated heterocycles. The highest BCUT2D eigenvalue weighted by Crippen LogP contribution is 2.37. The molecule has 1 saturated carbocycles. The minimum Gasteiger partial charge on any atom is -0.390 e. The van der Waals surface area contributed by atoms with Crippen molar-refractivity contribution in [3.05, 3.63) is 0 Å². The van der Waals surface area contributed by atoms with Crippen LogP contribution in [0.15, 0.2) is 0 Å². The third-order valence-corrected chi connectivity index (χ3v) is 2.25. The van der Waals surface area contributed by atoms with Crippen LogP contribution in [0, 0.1) is 16.7 Å². The Labute approximate surface area is 69.4 Å². The molecule has 5 heteroatoms. The number of carbonyl (C=O) groups excluding carboxylic acids is 1. The summed E-state index contributed by atoms with van der Waals surface area (Å²) in [4.78, 5) is 10.8. The first kappa shape index (κ1) is 8.97. The monoisotopic (exact) mass is 170 g/mol. The number of hydrogen-bond acceptors (Lipinski definition) is 4. The molecule has 5 nitrogen and oxygen atoms in total. The van der Waals surface area contributed by atoms with Gasteiger partial charge in [-0.05, 0) is 0 Å². The Morgan fingerprint density at radius 2 is 1.92 bits per heavy atom. The van der Waals surface area contributed by atoms with Gasteiger partial charge < -0.3 is 15.9 Å². The lowest BCUT2D eigenvalue weighted by atomic mass is 9.87. The Morgan fingerprint density at radius 3 is 2.08 bits per heavy atom. The molecule has 3 atom stereocenters. The summed E-state index contributed by atoms with van der Waals surface area (Å²) in [6, 6.07) is 1.74. The number of rotatable bonds is 1. The van der Waals surface area contributed by atoms with Crippen molar-refractivity contribution < 1.29 is 15.0 Å². The number of aliphatic hydroxyl groups is 2. The lowest BCUT2D eigenvalue weighted by Crippen LogP contribution is -2.34. The fraction of sp³-hybridized carbons (Fsp3) is 0.714. The molecule has 0 spiro atoms. The molecule has 0 bridgehead atoms. The fourth-order valence-electron chi connectivity index (χ4n) is 1.42. The Morgan fingerprint density at radius 1 is 1.50 bits per heavy atom. The number of primary amides is 1. The van der Waals surface area contributed by atoms with Crippen molar-refractivity contribution in [2.75, 3.05) is 0 Å². The van der Waals surface area contributed by atoms with Gasteiger partial charge in [0.05, 0.1) is 18.3 Å². The zero-order chi connectivity index (χ0) is 9.35. The molecule has 1 aliphatic carbocycles. The molecule has 0 radical (unpaired) electrons. The van der Waals surface area contributed by atoms with E-state index in [9.17, 15) is 4.79 Å². The van der Waals surface area contributed by atoms with Crippen molar-refractivity contribution in [2.45, 2.75) is 25.0 Å². The molecular formula is C7H10N2O3. The van der Waals surface area contributed by atoms with E-state index in [4.69, 9.17) is 21.2 Å². The number of carbonyl (C=O) groups is 1. The van der Waals surface area contributed by atoms with Gasteiger partial charge >= 0.3 is 0 Å². The van der Waals surface area contributed by atoms with Crippen molar-refractivity contribution in [2.24, 2.45) is 11.1 Å². The molecule has 1 aliphatic rings. The molecular weight excluding hydrogens is 160 g/mol. The van der Waals surface area contributed by atoms with Crippen LogP contribution < -0.4 is 5.73 Å². The van der Waals surface area contributed by atoms with E-state index in [0.717, 1.165) is 0 Å². The van der Waals surface area contributed by atoms with E-state index in [0.29, 0.717) is 0 Å². The van der Waals surface area contributed by atoms with Crippen LogP contribution in [-0.4, -0.2) is 28.3 Å². The van der Waals surface area contributed by atoms with Crippen molar-refractivity contribution in [1.82, 2.24) is 0 Å². The molecule has 4 N–H and O–H groups in total. The average molecular weight is 170 g/mol. The molecule has 0 aromatic rings. The predicted octanol–water partition coefficient (Wildman–Crippen LogP) is -1.50. The van der Waals surface area contributed by atoms with Crippen LogP contribution in [0.3, 0.4) is 0 Å². The minimum absolute atomic E-state index is 0.0694. The summed E-state index contributed by atoms with van der Waals surface area (Å²) in [5, 5.41) is 26.9. The van der Waals surface area contributed by atoms with Gasteiger partial charge in [-0.2, -0.15) is 5.26 Å². The normalized spacial score (nSPS) is 40.8. The number of amides is 1. The van der Waals surface area contributed by atoms with E-state index >= 15 is 0 Å². The van der Waals surface area contributed by atoms with Crippen LogP contribution in [0.1, 0.15) is 12.8 Å². The molecule has 1 amide bonds. The molecule has 0 aliphatic heterocycles. The maximum atomic E-state index is 10.8. The van der Waals surface area contributed by atoms with Gasteiger partial charge in [0, 0.05) is 12.8 Å². The maximum absolute atomic E-state index is 10.8. The summed E-state index contributed by atoms with van der Waals surface area (Å²) >= 11 is 0. The SMILES string of the molecule is N#C[C@]1(C(N)=O)C[C@@H](O)[C@@H](O)C1. The molecule has 0 aromatic carbocycles. The predicted molar refractivity (Wildman–Crippen MR) is 38.5 cm³/mol. The molecule has 0 heterocycles. The largest absolute Gasteiger partial charge is 0.390 e. The van der Waals surface area contributed by atoms with Gasteiger partial charge in [-0.3, -0.25) is 4.79 Å². The molecule has 66 valence electrons. The molecule has 1 rings (SSSR count). The van der Waals surface area contributed by atoms with E-state index in [2.05, 4.69) is 0 Å². The van der Waals surface area contributed by atoms with Gasteiger partial charge in [0.25, 0.3) is 0 Å². The van der Waals surface area contributed by atoms with Gasteiger partial charge in [-0.25, -0.2) is 0 Å². The highest BCUT2D eigenvalue weighted by atomic mass is 16.3. The van der Waals surface area contributed by atoms with Crippen LogP contribution in [0.4, 0.5) is 0 Å². The number of nitrogens with two attached hydrogens (primary N) is 1. The van der Waals surface area contributed by atoms with Gasteiger partial charge in [0.2, 0.25) is 5.91 Å². The molecule has 0 unspecified atom stereocenters. The minimum atomic E-state index is -1.38. The van der Waals surface area contributed by atoms with Crippen molar-refractivity contribution >= 4 is 5.91 Å². The second-order valence-corrected chi connectivity index (χ2v) is 3.10. The standard InChI is InChI=1S/C7H10N2O3/c8-3-7(6(9)12)1-4(10)5(11)2-7/h4-5,10-11H,1-2H2,(H2,9,12)/t4-,5+,7+. The molecule has 1 fully saturated rings. The smallest absolute Gasteiger partial charge is 0.238 e. The van der Waals surface area contributed by atoms with Crippen LogP contribution >= 0.6 is 0 Å². The van der Waals surface area contributed by atoms with Crippen LogP contribution in [0.25, 0.3) is 0 Å². The summed E-state index contributed by atoms with van der Waals surface area (Å²) in [7, 11) is 0. The van der Waals surface area contributed by atoms with Gasteiger partial charge in [-0.15, -0.1) is 0 Å². The Bertz CT molecular complexity index is 236. The summed E-state index contributed by atoms with van der Waals surface area (Å²) < 4.78 is 0. The molecule has 0 aromatic heterocycles. The topological polar surface area (TPSA) is 107 Å². The van der Waals surface area contributed by atoms with Crippen molar-refractivity contribution in [3.8, 4) is 6.07 Å². The third-order valence-electron chi connectivity index (χ3n) is 2.25. The quantitative estimate of drug-likeness (QED) is 0.445. The number of hydrogen-bond donors (Lipinski definition) is 3. The maximum Gasteiger partial charge on any atom is 0.238 e. The highest BCUT2D eigenvalue weighted by Gasteiger charge is 2.48. The summed E-state index contributed by atoms with van der Waals surface area (Å²) in [5.41, 5.74) is 3.61. The summed E-state index contributed by atoms with van der Waals surface area (Å²) in [5.74, 6) is -0.777. The number of nitriles is 1. The fourth-order valence-corrected chi connectivity index (χ4v) is 1.42. The summed E-state index contributed by atoms with van der Waals surface area (Å²) in [6.07, 6.45) is -2.17. The average Bonchev–Trinajstić information content (AvgIpc) is 2.29. The molecule has 12 heavy (non-hydrogen) atoms. The van der Waals surface area contributed by atoms with Gasteiger partial charge in [0.1, 0.15) is 5.41 Å². The van der Waals surface area contributed by atoms with Crippen molar-refractivity contribution in [1.29, 1.82) is 5.26 Å². The summed E-state index contributed by atoms with van der Waals surface area (Å²) in [6.45, 7) is 0. The van der Waals surface area contributed by atoms with E-state index in [1.165, 1.54) is 0 Å². The van der Waals surface area contributed by atoms with E-state index in [1.807, 2.05) is 0 Å². The van der Waals surface area contributed by atoms with Crippen molar-refractivity contribution in [3.63, 3.8) is 0 Å². The zero-order valence-corrected chi connectivity index (χ0v) is 6.40. The second-order valence-electron chi connectivity index (χ2n) is 3.10. The highest BCUT2D eigenvalue weighted by molar-refractivity contribution is 5.84. The van der Waals surface area contributed by atoms with Crippen LogP contribution in [0.5, 0.6) is 0 Å². The Kier molecular flexibility index (Phi) is 2.04. The second kappa shape index (κ2) is 2.73. The third kappa shape index (κ3) is 1.15. The van der Waals surface area contributed by atoms with E-state index in [1.54, 1.807) is 6.07 Å². The van der Waals surface area contributed by atoms with Gasteiger partial charge in [0.15, 0.2) is 0 Å². The first-order chi connectivity index (χ1) is 5.52. The van der Waals surface area contributed by atoms with Crippen LogP contribution in [0.2, 0.25) is 0 Å².